The molecule has 1 aromatic carbocycles. The molecule has 0 spiro atoms. The maximum Gasteiger partial charge on any atom is 0.462 e. The lowest BCUT2D eigenvalue weighted by molar-refractivity contribution is -0.137. The zero-order chi connectivity index (χ0) is 10.9. The molecule has 2 aromatic rings. The van der Waals surface area contributed by atoms with Crippen LogP contribution in [0.1, 0.15) is 5.56 Å². The molecule has 0 aliphatic rings. The van der Waals surface area contributed by atoms with Gasteiger partial charge in [0.05, 0.1) is 9.94 Å². The van der Waals surface area contributed by atoms with Crippen molar-refractivity contribution in [2.45, 2.75) is 6.18 Å². The third-order valence-corrected chi connectivity index (χ3v) is 2.94. The molecule has 0 unspecified atom stereocenters. The van der Waals surface area contributed by atoms with Crippen LogP contribution in [-0.4, -0.2) is 8.75 Å². The molecule has 0 bridgehead atoms. The van der Waals surface area contributed by atoms with Crippen molar-refractivity contribution in [3.8, 4) is 11.4 Å². The molecule has 0 fully saturated rings. The molecule has 0 atom stereocenters. The molecular weight excluding hydrogens is 245 g/mol. The van der Waals surface area contributed by atoms with Gasteiger partial charge in [-0.25, -0.2) is 0 Å². The Labute approximate surface area is 90.7 Å². The molecule has 78 valence electrons. The first kappa shape index (κ1) is 10.4. The Morgan fingerprint density at radius 1 is 1.27 bits per heavy atom. The van der Waals surface area contributed by atoms with Crippen molar-refractivity contribution >= 4 is 21.1 Å². The Morgan fingerprint density at radius 3 is 2.67 bits per heavy atom. The second-order valence-electron chi connectivity index (χ2n) is 2.73. The van der Waals surface area contributed by atoms with Gasteiger partial charge >= 0.3 is 27.2 Å². The van der Waals surface area contributed by atoms with Crippen LogP contribution in [0.25, 0.3) is 11.4 Å². The van der Waals surface area contributed by atoms with Gasteiger partial charge in [0.1, 0.15) is 0 Å². The van der Waals surface area contributed by atoms with Crippen molar-refractivity contribution in [3.05, 3.63) is 29.8 Å². The summed E-state index contributed by atoms with van der Waals surface area (Å²) in [6.45, 7) is 0. The number of benzene rings is 1. The van der Waals surface area contributed by atoms with Crippen LogP contribution in [0.5, 0.6) is 0 Å². The zero-order valence-electron chi connectivity index (χ0n) is 7.15. The van der Waals surface area contributed by atoms with E-state index in [0.717, 1.165) is 33.2 Å². The molecule has 0 saturated heterocycles. The third kappa shape index (κ3) is 2.29. The molecule has 1 heterocycles. The normalized spacial score (nSPS) is 11.7. The fourth-order valence-electron chi connectivity index (χ4n) is 1.06. The smallest absolute Gasteiger partial charge is 0.166 e. The Morgan fingerprint density at radius 2 is 2.07 bits per heavy atom. The molecular formula is C8H4F3N2S2+. The molecule has 1 aromatic heterocycles. The van der Waals surface area contributed by atoms with Crippen molar-refractivity contribution in [2.75, 3.05) is 0 Å². The van der Waals surface area contributed by atoms with Crippen LogP contribution >= 0.6 is 21.1 Å². The van der Waals surface area contributed by atoms with Gasteiger partial charge in [-0.05, 0) is 12.1 Å². The van der Waals surface area contributed by atoms with Crippen LogP contribution in [-0.2, 0) is 6.18 Å². The third-order valence-electron chi connectivity index (χ3n) is 1.73. The van der Waals surface area contributed by atoms with Gasteiger partial charge in [-0.15, -0.1) is 4.37 Å². The van der Waals surface area contributed by atoms with E-state index in [0.29, 0.717) is 11.4 Å². The number of hydrogen-bond acceptors (Lipinski definition) is 3. The van der Waals surface area contributed by atoms with Crippen molar-refractivity contribution in [1.29, 1.82) is 0 Å². The second-order valence-corrected chi connectivity index (χ2v) is 4.29. The van der Waals surface area contributed by atoms with Gasteiger partial charge in [0.2, 0.25) is 5.82 Å². The minimum Gasteiger partial charge on any atom is -0.166 e. The highest BCUT2D eigenvalue weighted by Crippen LogP contribution is 2.31. The van der Waals surface area contributed by atoms with E-state index in [4.69, 9.17) is 0 Å². The van der Waals surface area contributed by atoms with Gasteiger partial charge in [-0.1, -0.05) is 12.1 Å². The van der Waals surface area contributed by atoms with Crippen LogP contribution in [0.3, 0.4) is 0 Å². The lowest BCUT2D eigenvalue weighted by atomic mass is 10.1. The van der Waals surface area contributed by atoms with Gasteiger partial charge in [-0.2, -0.15) is 13.2 Å². The first-order chi connectivity index (χ1) is 7.07. The average Bonchev–Trinajstić information content (AvgIpc) is 2.69. The highest BCUT2D eigenvalue weighted by atomic mass is 32.9. The fraction of sp³-hybridized carbons (Fsp3) is 0.125. The molecule has 0 saturated carbocycles. The van der Waals surface area contributed by atoms with Crippen LogP contribution in [0, 0.1) is 0 Å². The number of aromatic nitrogens is 2. The Hall–Kier alpha value is -1.08. The molecule has 0 radical (unpaired) electrons. The maximum absolute atomic E-state index is 12.4. The quantitative estimate of drug-likeness (QED) is 0.570. The Kier molecular flexibility index (Phi) is 2.66. The number of hydrogen-bond donors (Lipinski definition) is 0. The number of nitrogens with zero attached hydrogens (tertiary/aromatic N) is 2. The summed E-state index contributed by atoms with van der Waals surface area (Å²) < 4.78 is 44.9. The van der Waals surface area contributed by atoms with Gasteiger partial charge in [0, 0.05) is 5.56 Å². The zero-order valence-corrected chi connectivity index (χ0v) is 8.79. The Bertz CT molecular complexity index is 453. The van der Waals surface area contributed by atoms with Crippen LogP contribution in [0.4, 0.5) is 13.2 Å². The van der Waals surface area contributed by atoms with Gasteiger partial charge < -0.3 is 0 Å². The predicted molar refractivity (Wildman–Crippen MR) is 52.6 cm³/mol. The average molecular weight is 249 g/mol. The van der Waals surface area contributed by atoms with Crippen molar-refractivity contribution in [1.82, 2.24) is 8.75 Å². The first-order valence-electron chi connectivity index (χ1n) is 3.87. The van der Waals surface area contributed by atoms with E-state index in [2.05, 4.69) is 8.75 Å². The van der Waals surface area contributed by atoms with Gasteiger partial charge in [-0.3, -0.25) is 0 Å². The predicted octanol–water partition coefficient (Wildman–Crippen LogP) is 3.57. The molecule has 7 heteroatoms. The fourth-order valence-corrected chi connectivity index (χ4v) is 2.24. The molecule has 0 aliphatic heterocycles. The van der Waals surface area contributed by atoms with Crippen LogP contribution in [0.2, 0.25) is 0 Å². The molecule has 2 nitrogen and oxygen atoms in total. The highest BCUT2D eigenvalue weighted by Gasteiger charge is 2.30. The molecule has 2 rings (SSSR count). The van der Waals surface area contributed by atoms with Gasteiger partial charge in [0.25, 0.3) is 0 Å². The summed E-state index contributed by atoms with van der Waals surface area (Å²) in [5, 5.41) is 0. The summed E-state index contributed by atoms with van der Waals surface area (Å²) in [6.07, 6.45) is -4.32. The van der Waals surface area contributed by atoms with Crippen molar-refractivity contribution in [2.24, 2.45) is 0 Å². The summed E-state index contributed by atoms with van der Waals surface area (Å²) in [5.41, 5.74) is -0.290. The van der Waals surface area contributed by atoms with E-state index in [-0.39, 0.29) is 0 Å². The Balaban J connectivity index is 2.44. The van der Waals surface area contributed by atoms with Crippen LogP contribution < -0.4 is 0 Å². The number of halogens is 3. The lowest BCUT2D eigenvalue weighted by Crippen LogP contribution is -2.04. The molecule has 15 heavy (non-hydrogen) atoms. The van der Waals surface area contributed by atoms with E-state index < -0.39 is 11.7 Å². The van der Waals surface area contributed by atoms with E-state index in [1.165, 1.54) is 6.07 Å². The monoisotopic (exact) mass is 249 g/mol. The van der Waals surface area contributed by atoms with E-state index in [1.807, 2.05) is 0 Å². The van der Waals surface area contributed by atoms with Crippen molar-refractivity contribution in [3.63, 3.8) is 0 Å². The molecule has 0 amide bonds. The number of alkyl halides is 3. The SMILES string of the molecule is FC(F)(F)c1cccc(-c2ns[s+]n2)c1. The number of rotatable bonds is 1. The highest BCUT2D eigenvalue weighted by molar-refractivity contribution is 7.64. The van der Waals surface area contributed by atoms with E-state index in [1.54, 1.807) is 6.07 Å². The van der Waals surface area contributed by atoms with E-state index in [9.17, 15) is 13.2 Å². The minimum absolute atomic E-state index is 0.344. The van der Waals surface area contributed by atoms with Gasteiger partial charge in [0.15, 0.2) is 0 Å². The van der Waals surface area contributed by atoms with Crippen molar-refractivity contribution < 1.29 is 13.2 Å². The summed E-state index contributed by atoms with van der Waals surface area (Å²) in [6, 6.07) is 4.99. The molecule has 0 aliphatic carbocycles. The lowest BCUT2D eigenvalue weighted by Gasteiger charge is -2.06. The summed E-state index contributed by atoms with van der Waals surface area (Å²) in [4.78, 5) is 0. The summed E-state index contributed by atoms with van der Waals surface area (Å²) >= 11 is 0. The minimum atomic E-state index is -4.32. The standard InChI is InChI=1S/C8H4F3N2S2/c9-8(10,11)6-3-1-2-5(4-6)7-12-14-15-13-7/h1-4H/q+1. The first-order valence-corrected chi connectivity index (χ1v) is 5.93. The van der Waals surface area contributed by atoms with Crippen LogP contribution in [0.15, 0.2) is 24.3 Å². The summed E-state index contributed by atoms with van der Waals surface area (Å²) in [5.74, 6) is 0.344. The summed E-state index contributed by atoms with van der Waals surface area (Å²) in [7, 11) is 2.29. The topological polar surface area (TPSA) is 25.8 Å². The largest absolute Gasteiger partial charge is 0.462 e. The maximum atomic E-state index is 12.4. The van der Waals surface area contributed by atoms with E-state index >= 15 is 0 Å². The second kappa shape index (κ2) is 3.82. The molecule has 0 N–H and O–H groups in total.